The van der Waals surface area contributed by atoms with Gasteiger partial charge in [-0.25, -0.2) is 0 Å². The van der Waals surface area contributed by atoms with Gasteiger partial charge in [0.05, 0.1) is 6.26 Å². The lowest BCUT2D eigenvalue weighted by molar-refractivity contribution is 0.287. The van der Waals surface area contributed by atoms with Gasteiger partial charge in [-0.05, 0) is 18.2 Å². The maximum Gasteiger partial charge on any atom is 0.154 e. The Labute approximate surface area is 97.6 Å². The van der Waals surface area contributed by atoms with Gasteiger partial charge in [-0.2, -0.15) is 0 Å². The molecule has 0 saturated heterocycles. The van der Waals surface area contributed by atoms with Gasteiger partial charge in [0.15, 0.2) is 5.82 Å². The van der Waals surface area contributed by atoms with Crippen molar-refractivity contribution in [2.45, 2.75) is 0 Å². The molecule has 5 nitrogen and oxygen atoms in total. The van der Waals surface area contributed by atoms with Crippen LogP contribution in [0.15, 0.2) is 36.9 Å². The summed E-state index contributed by atoms with van der Waals surface area (Å²) in [5, 5.41) is 9.87. The topological polar surface area (TPSA) is 73.9 Å². The van der Waals surface area contributed by atoms with Gasteiger partial charge in [0.25, 0.3) is 0 Å². The lowest BCUT2D eigenvalue weighted by atomic mass is 10.1. The van der Waals surface area contributed by atoms with Crippen LogP contribution in [0.4, 0.5) is 5.82 Å². The normalized spacial score (nSPS) is 14.5. The molecule has 2 N–H and O–H groups in total. The van der Waals surface area contributed by atoms with E-state index in [1.54, 1.807) is 18.7 Å². The van der Waals surface area contributed by atoms with E-state index in [1.807, 2.05) is 18.2 Å². The van der Waals surface area contributed by atoms with Crippen LogP contribution in [0, 0.1) is 0 Å². The Balaban J connectivity index is 2.27. The van der Waals surface area contributed by atoms with Gasteiger partial charge in [0.1, 0.15) is 12.3 Å². The first kappa shape index (κ1) is 9.77. The molecule has 0 aliphatic carbocycles. The summed E-state index contributed by atoms with van der Waals surface area (Å²) in [6, 6.07) is 1.84. The van der Waals surface area contributed by atoms with Crippen LogP contribution in [0.2, 0.25) is 0 Å². The van der Waals surface area contributed by atoms with Crippen LogP contribution in [-0.2, 0) is 4.74 Å². The summed E-state index contributed by atoms with van der Waals surface area (Å²) in [5.41, 5.74) is 7.54. The quantitative estimate of drug-likeness (QED) is 0.798. The van der Waals surface area contributed by atoms with Crippen molar-refractivity contribution in [3.05, 3.63) is 42.6 Å². The highest BCUT2D eigenvalue weighted by Crippen LogP contribution is 2.26. The van der Waals surface area contributed by atoms with Gasteiger partial charge in [0, 0.05) is 28.7 Å². The van der Waals surface area contributed by atoms with Crippen molar-refractivity contribution in [2.75, 3.05) is 12.3 Å². The van der Waals surface area contributed by atoms with E-state index in [2.05, 4.69) is 15.2 Å². The molecule has 3 rings (SSSR count). The molecule has 0 amide bonds. The second kappa shape index (κ2) is 3.86. The lowest BCUT2D eigenvalue weighted by Crippen LogP contribution is -2.01. The molecule has 1 aliphatic rings. The van der Waals surface area contributed by atoms with Crippen molar-refractivity contribution in [1.82, 2.24) is 15.2 Å². The number of ether oxygens (including phenoxy) is 1. The highest BCUT2D eigenvalue weighted by Gasteiger charge is 2.11. The monoisotopic (exact) mass is 226 g/mol. The molecule has 1 aliphatic heterocycles. The van der Waals surface area contributed by atoms with Crippen LogP contribution in [-0.4, -0.2) is 21.8 Å². The van der Waals surface area contributed by atoms with Crippen molar-refractivity contribution in [3.63, 3.8) is 0 Å². The molecule has 17 heavy (non-hydrogen) atoms. The predicted molar refractivity (Wildman–Crippen MR) is 64.8 cm³/mol. The van der Waals surface area contributed by atoms with Crippen molar-refractivity contribution in [2.24, 2.45) is 0 Å². The molecule has 0 spiro atoms. The minimum atomic E-state index is 0.419. The number of rotatable bonds is 1. The Hall–Kier alpha value is -2.43. The van der Waals surface area contributed by atoms with Crippen LogP contribution >= 0.6 is 0 Å². The lowest BCUT2D eigenvalue weighted by Gasteiger charge is -2.10. The molecular formula is C12H10N4O. The van der Waals surface area contributed by atoms with Crippen LogP contribution < -0.4 is 5.73 Å². The third kappa shape index (κ3) is 1.61. The van der Waals surface area contributed by atoms with E-state index in [0.717, 1.165) is 22.0 Å². The number of nitrogens with two attached hydrogens (primary N) is 1. The molecule has 0 fully saturated rings. The van der Waals surface area contributed by atoms with Gasteiger partial charge in [0.2, 0.25) is 0 Å². The number of nitrogens with zero attached hydrogens (tertiary/aromatic N) is 3. The summed E-state index contributed by atoms with van der Waals surface area (Å²) in [4.78, 5) is 4.10. The van der Waals surface area contributed by atoms with Gasteiger partial charge < -0.3 is 10.5 Å². The van der Waals surface area contributed by atoms with Crippen molar-refractivity contribution < 1.29 is 4.74 Å². The zero-order valence-corrected chi connectivity index (χ0v) is 9.00. The minimum absolute atomic E-state index is 0.419. The summed E-state index contributed by atoms with van der Waals surface area (Å²) in [7, 11) is 0. The number of anilines is 1. The summed E-state index contributed by atoms with van der Waals surface area (Å²) in [6.07, 6.45) is 8.90. The van der Waals surface area contributed by atoms with E-state index in [9.17, 15) is 0 Å². The number of fused-ring (bicyclic) bond motifs is 1. The summed E-state index contributed by atoms with van der Waals surface area (Å²) >= 11 is 0. The maximum absolute atomic E-state index is 5.79. The van der Waals surface area contributed by atoms with Crippen LogP contribution in [0.5, 0.6) is 0 Å². The fourth-order valence-electron chi connectivity index (χ4n) is 1.79. The highest BCUT2D eigenvalue weighted by molar-refractivity contribution is 5.98. The Kier molecular flexibility index (Phi) is 2.22. The first-order valence-corrected chi connectivity index (χ1v) is 5.21. The smallest absolute Gasteiger partial charge is 0.154 e. The minimum Gasteiger partial charge on any atom is -0.497 e. The number of pyridine rings is 1. The number of nitrogen functional groups attached to an aromatic ring is 1. The Morgan fingerprint density at radius 1 is 1.24 bits per heavy atom. The van der Waals surface area contributed by atoms with Gasteiger partial charge in [-0.1, -0.05) is 0 Å². The van der Waals surface area contributed by atoms with E-state index >= 15 is 0 Å². The Morgan fingerprint density at radius 3 is 3.00 bits per heavy atom. The number of allylic oxidation sites excluding steroid dienone is 2. The van der Waals surface area contributed by atoms with E-state index in [-0.39, 0.29) is 0 Å². The Morgan fingerprint density at radius 2 is 2.18 bits per heavy atom. The SMILES string of the molecule is Nc1nnc(C2=CCOC=C2)c2cnccc12. The van der Waals surface area contributed by atoms with E-state index in [4.69, 9.17) is 10.5 Å². The molecule has 84 valence electrons. The van der Waals surface area contributed by atoms with Crippen molar-refractivity contribution in [3.8, 4) is 0 Å². The first-order valence-electron chi connectivity index (χ1n) is 5.21. The molecule has 5 heteroatoms. The molecule has 0 atom stereocenters. The molecule has 2 aromatic rings. The predicted octanol–water partition coefficient (Wildman–Crippen LogP) is 1.53. The molecule has 0 unspecified atom stereocenters. The first-order chi connectivity index (χ1) is 8.36. The molecule has 0 radical (unpaired) electrons. The fraction of sp³-hybridized carbons (Fsp3) is 0.0833. The number of hydrogen-bond donors (Lipinski definition) is 1. The molecule has 3 heterocycles. The van der Waals surface area contributed by atoms with E-state index < -0.39 is 0 Å². The third-order valence-corrected chi connectivity index (χ3v) is 2.63. The largest absolute Gasteiger partial charge is 0.497 e. The van der Waals surface area contributed by atoms with E-state index in [1.165, 1.54) is 0 Å². The van der Waals surface area contributed by atoms with Crippen molar-refractivity contribution in [1.29, 1.82) is 0 Å². The van der Waals surface area contributed by atoms with Crippen LogP contribution in [0.25, 0.3) is 16.3 Å². The second-order valence-corrected chi connectivity index (χ2v) is 3.65. The summed E-state index contributed by atoms with van der Waals surface area (Å²) in [5.74, 6) is 0.419. The third-order valence-electron chi connectivity index (χ3n) is 2.63. The van der Waals surface area contributed by atoms with Gasteiger partial charge >= 0.3 is 0 Å². The van der Waals surface area contributed by atoms with E-state index in [0.29, 0.717) is 12.4 Å². The molecule has 2 aromatic heterocycles. The van der Waals surface area contributed by atoms with Gasteiger partial charge in [-0.15, -0.1) is 10.2 Å². The average molecular weight is 226 g/mol. The van der Waals surface area contributed by atoms with Gasteiger partial charge in [-0.3, -0.25) is 4.98 Å². The number of hydrogen-bond acceptors (Lipinski definition) is 5. The zero-order valence-electron chi connectivity index (χ0n) is 9.00. The second-order valence-electron chi connectivity index (χ2n) is 3.65. The zero-order chi connectivity index (χ0) is 11.7. The molecular weight excluding hydrogens is 216 g/mol. The highest BCUT2D eigenvalue weighted by atomic mass is 16.5. The van der Waals surface area contributed by atoms with Crippen LogP contribution in [0.3, 0.4) is 0 Å². The average Bonchev–Trinajstić information content (AvgIpc) is 2.41. The maximum atomic E-state index is 5.79. The molecule has 0 saturated carbocycles. The standard InChI is InChI=1S/C12H10N4O/c13-12-9-1-4-14-7-10(9)11(15-16-12)8-2-5-17-6-3-8/h1-5,7H,6H2,(H2,13,16). The molecule has 0 bridgehead atoms. The molecule has 0 aromatic carbocycles. The Bertz CT molecular complexity index is 633. The number of aromatic nitrogens is 3. The summed E-state index contributed by atoms with van der Waals surface area (Å²) < 4.78 is 5.11. The van der Waals surface area contributed by atoms with Crippen molar-refractivity contribution >= 4 is 22.2 Å². The van der Waals surface area contributed by atoms with Crippen LogP contribution in [0.1, 0.15) is 5.69 Å². The fourth-order valence-corrected chi connectivity index (χ4v) is 1.79. The summed E-state index contributed by atoms with van der Waals surface area (Å²) in [6.45, 7) is 0.541.